The van der Waals surface area contributed by atoms with E-state index in [1.807, 2.05) is 24.3 Å². The number of amides is 1. The Morgan fingerprint density at radius 2 is 1.72 bits per heavy atom. The van der Waals surface area contributed by atoms with E-state index in [2.05, 4.69) is 12.2 Å². The summed E-state index contributed by atoms with van der Waals surface area (Å²) in [7, 11) is 1.62. The molecule has 1 amide bonds. The number of carbonyl (C=O) groups excluding carboxylic acids is 2. The second-order valence-corrected chi connectivity index (χ2v) is 9.54. The highest BCUT2D eigenvalue weighted by molar-refractivity contribution is 5.80. The maximum absolute atomic E-state index is 12.4. The average molecular weight is 400 g/mol. The predicted molar refractivity (Wildman–Crippen MR) is 110 cm³/mol. The molecular formula is C24H33NO4. The van der Waals surface area contributed by atoms with Crippen molar-refractivity contribution >= 4 is 11.9 Å². The van der Waals surface area contributed by atoms with Crippen LogP contribution in [0.15, 0.2) is 24.3 Å². The minimum atomic E-state index is -0.353. The van der Waals surface area contributed by atoms with Crippen LogP contribution in [0.2, 0.25) is 0 Å². The molecule has 4 bridgehead atoms. The van der Waals surface area contributed by atoms with Crippen molar-refractivity contribution in [1.29, 1.82) is 0 Å². The Hall–Kier alpha value is -2.04. The molecule has 0 aromatic heterocycles. The Labute approximate surface area is 173 Å². The van der Waals surface area contributed by atoms with E-state index in [1.165, 1.54) is 38.5 Å². The summed E-state index contributed by atoms with van der Waals surface area (Å²) in [5.74, 6) is 2.80. The van der Waals surface area contributed by atoms with Gasteiger partial charge >= 0.3 is 5.97 Å². The van der Waals surface area contributed by atoms with Gasteiger partial charge in [-0.25, -0.2) is 0 Å². The van der Waals surface area contributed by atoms with Gasteiger partial charge in [0.05, 0.1) is 7.11 Å². The molecule has 1 atom stereocenters. The van der Waals surface area contributed by atoms with Gasteiger partial charge in [-0.2, -0.15) is 0 Å². The first-order valence-corrected chi connectivity index (χ1v) is 11.0. The minimum absolute atomic E-state index is 0.149. The maximum atomic E-state index is 12.4. The fraction of sp³-hybridized carbons (Fsp3) is 0.667. The number of ether oxygens (including phenoxy) is 2. The SMILES string of the molecule is COc1ccccc1CCC(=O)OCC(=O)N[C@H](C)C12CC3CC(CC(C3)C1)C2. The Bertz CT molecular complexity index is 724. The fourth-order valence-corrected chi connectivity index (χ4v) is 6.51. The summed E-state index contributed by atoms with van der Waals surface area (Å²) < 4.78 is 10.5. The average Bonchev–Trinajstić information content (AvgIpc) is 2.70. The minimum Gasteiger partial charge on any atom is -0.496 e. The normalized spacial score (nSPS) is 30.6. The molecule has 5 rings (SSSR count). The van der Waals surface area contributed by atoms with Crippen molar-refractivity contribution in [2.45, 2.75) is 64.3 Å². The first-order chi connectivity index (χ1) is 14.0. The molecule has 1 N–H and O–H groups in total. The first kappa shape index (κ1) is 20.2. The smallest absolute Gasteiger partial charge is 0.306 e. The molecule has 1 aromatic rings. The third-order valence-electron chi connectivity index (χ3n) is 7.54. The van der Waals surface area contributed by atoms with E-state index in [-0.39, 0.29) is 36.4 Å². The third-order valence-corrected chi connectivity index (χ3v) is 7.54. The quantitative estimate of drug-likeness (QED) is 0.674. The van der Waals surface area contributed by atoms with Crippen molar-refractivity contribution in [1.82, 2.24) is 5.32 Å². The number of rotatable bonds is 8. The van der Waals surface area contributed by atoms with Crippen LogP contribution in [0.5, 0.6) is 5.75 Å². The number of aryl methyl sites for hydroxylation is 1. The number of benzene rings is 1. The zero-order chi connectivity index (χ0) is 20.4. The number of methoxy groups -OCH3 is 1. The van der Waals surface area contributed by atoms with E-state index in [1.54, 1.807) is 7.11 Å². The lowest BCUT2D eigenvalue weighted by atomic mass is 9.48. The van der Waals surface area contributed by atoms with Gasteiger partial charge < -0.3 is 14.8 Å². The molecule has 0 heterocycles. The van der Waals surface area contributed by atoms with Crippen LogP contribution in [0.1, 0.15) is 57.4 Å². The highest BCUT2D eigenvalue weighted by atomic mass is 16.5. The Balaban J connectivity index is 1.22. The molecule has 4 fully saturated rings. The second-order valence-electron chi connectivity index (χ2n) is 9.54. The number of nitrogens with one attached hydrogen (secondary N) is 1. The molecule has 29 heavy (non-hydrogen) atoms. The van der Waals surface area contributed by atoms with Crippen LogP contribution in [0.3, 0.4) is 0 Å². The third kappa shape index (κ3) is 4.44. The zero-order valence-corrected chi connectivity index (χ0v) is 17.6. The van der Waals surface area contributed by atoms with E-state index in [0.717, 1.165) is 29.1 Å². The number of hydrogen-bond donors (Lipinski definition) is 1. The van der Waals surface area contributed by atoms with E-state index in [4.69, 9.17) is 9.47 Å². The van der Waals surface area contributed by atoms with Gasteiger partial charge in [0.1, 0.15) is 5.75 Å². The van der Waals surface area contributed by atoms with Crippen molar-refractivity contribution in [2.75, 3.05) is 13.7 Å². The van der Waals surface area contributed by atoms with E-state index < -0.39 is 0 Å². The van der Waals surface area contributed by atoms with Gasteiger partial charge in [-0.05, 0) is 86.7 Å². The van der Waals surface area contributed by atoms with Gasteiger partial charge in [0, 0.05) is 12.5 Å². The first-order valence-electron chi connectivity index (χ1n) is 11.0. The molecule has 0 unspecified atom stereocenters. The summed E-state index contributed by atoms with van der Waals surface area (Å²) >= 11 is 0. The van der Waals surface area contributed by atoms with Gasteiger partial charge in [-0.15, -0.1) is 0 Å². The summed E-state index contributed by atoms with van der Waals surface area (Å²) in [5, 5.41) is 3.15. The summed E-state index contributed by atoms with van der Waals surface area (Å²) in [5.41, 5.74) is 1.23. The number of carbonyl (C=O) groups is 2. The van der Waals surface area contributed by atoms with Crippen LogP contribution in [-0.4, -0.2) is 31.6 Å². The van der Waals surface area contributed by atoms with E-state index in [0.29, 0.717) is 6.42 Å². The summed E-state index contributed by atoms with van der Waals surface area (Å²) in [4.78, 5) is 24.5. The molecule has 0 radical (unpaired) electrons. The zero-order valence-electron chi connectivity index (χ0n) is 17.6. The summed E-state index contributed by atoms with van der Waals surface area (Å²) in [6.07, 6.45) is 8.70. The van der Waals surface area contributed by atoms with Crippen LogP contribution in [-0.2, 0) is 20.7 Å². The molecule has 4 aliphatic carbocycles. The van der Waals surface area contributed by atoms with Crippen LogP contribution < -0.4 is 10.1 Å². The van der Waals surface area contributed by atoms with Gasteiger partial charge in [0.2, 0.25) is 0 Å². The Kier molecular flexibility index (Phi) is 5.84. The summed E-state index contributed by atoms with van der Waals surface area (Å²) in [6, 6.07) is 7.78. The monoisotopic (exact) mass is 399 g/mol. The molecule has 4 saturated carbocycles. The molecule has 5 heteroatoms. The van der Waals surface area contributed by atoms with Crippen LogP contribution in [0, 0.1) is 23.2 Å². The van der Waals surface area contributed by atoms with Gasteiger partial charge in [-0.1, -0.05) is 18.2 Å². The van der Waals surface area contributed by atoms with Crippen molar-refractivity contribution < 1.29 is 19.1 Å². The topological polar surface area (TPSA) is 64.6 Å². The predicted octanol–water partition coefficient (Wildman–Crippen LogP) is 3.89. The molecule has 158 valence electrons. The lowest BCUT2D eigenvalue weighted by Crippen LogP contribution is -2.56. The number of para-hydroxylation sites is 1. The van der Waals surface area contributed by atoms with Gasteiger partial charge in [0.25, 0.3) is 5.91 Å². The molecule has 0 spiro atoms. The Morgan fingerprint density at radius 1 is 1.10 bits per heavy atom. The van der Waals surface area contributed by atoms with E-state index >= 15 is 0 Å². The number of hydrogen-bond acceptors (Lipinski definition) is 4. The largest absolute Gasteiger partial charge is 0.496 e. The number of esters is 1. The van der Waals surface area contributed by atoms with Crippen LogP contribution >= 0.6 is 0 Å². The molecule has 5 nitrogen and oxygen atoms in total. The molecule has 1 aromatic carbocycles. The van der Waals surface area contributed by atoms with Crippen LogP contribution in [0.25, 0.3) is 0 Å². The van der Waals surface area contributed by atoms with Crippen molar-refractivity contribution in [2.24, 2.45) is 23.2 Å². The second kappa shape index (κ2) is 8.37. The van der Waals surface area contributed by atoms with Crippen molar-refractivity contribution in [3.05, 3.63) is 29.8 Å². The Morgan fingerprint density at radius 3 is 2.34 bits per heavy atom. The molecule has 4 aliphatic rings. The summed E-state index contributed by atoms with van der Waals surface area (Å²) in [6.45, 7) is 1.95. The van der Waals surface area contributed by atoms with Gasteiger partial charge in [0.15, 0.2) is 6.61 Å². The lowest BCUT2D eigenvalue weighted by Gasteiger charge is -2.59. The van der Waals surface area contributed by atoms with Crippen molar-refractivity contribution in [3.63, 3.8) is 0 Å². The molecular weight excluding hydrogens is 366 g/mol. The molecule has 0 aliphatic heterocycles. The van der Waals surface area contributed by atoms with Crippen molar-refractivity contribution in [3.8, 4) is 5.75 Å². The van der Waals surface area contributed by atoms with Gasteiger partial charge in [-0.3, -0.25) is 9.59 Å². The highest BCUT2D eigenvalue weighted by Gasteiger charge is 2.53. The maximum Gasteiger partial charge on any atom is 0.306 e. The van der Waals surface area contributed by atoms with Crippen LogP contribution in [0.4, 0.5) is 0 Å². The fourth-order valence-electron chi connectivity index (χ4n) is 6.51. The standard InChI is InChI=1S/C24H33NO4/c1-16(24-12-17-9-18(13-24)11-19(10-17)14-24)25-22(26)15-29-23(27)8-7-20-5-3-4-6-21(20)28-2/h3-6,16-19H,7-15H2,1-2H3,(H,25,26)/t16-,17?,18?,19?,24?/m1/s1. The highest BCUT2D eigenvalue weighted by Crippen LogP contribution is 2.61. The lowest BCUT2D eigenvalue weighted by molar-refractivity contribution is -0.149. The van der Waals surface area contributed by atoms with E-state index in [9.17, 15) is 9.59 Å². The molecule has 0 saturated heterocycles.